The molecule has 3 aromatic rings. The molecule has 0 fully saturated rings. The largest absolute Gasteiger partial charge is 0.497 e. The molecular weight excluding hydrogens is 440 g/mol. The van der Waals surface area contributed by atoms with Crippen molar-refractivity contribution in [1.29, 1.82) is 0 Å². The highest BCUT2D eigenvalue weighted by molar-refractivity contribution is 7.98. The monoisotopic (exact) mass is 468 g/mol. The number of aromatic nitrogens is 4. The second kappa shape index (κ2) is 10.6. The minimum atomic E-state index is -0.135. The SMILES string of the molecule is COc1ccc(-c2noc(-c3c(SC)nn(CC(=O)NCCC4=CCCCC4)c3N)n2)cc1. The number of amides is 1. The van der Waals surface area contributed by atoms with Crippen molar-refractivity contribution in [3.8, 4) is 28.6 Å². The van der Waals surface area contributed by atoms with Crippen LogP contribution in [0.5, 0.6) is 5.75 Å². The number of methoxy groups -OCH3 is 1. The Balaban J connectivity index is 1.45. The predicted molar refractivity (Wildman–Crippen MR) is 128 cm³/mol. The van der Waals surface area contributed by atoms with Gasteiger partial charge in [-0.15, -0.1) is 11.8 Å². The molecule has 33 heavy (non-hydrogen) atoms. The highest BCUT2D eigenvalue weighted by atomic mass is 32.2. The van der Waals surface area contributed by atoms with Gasteiger partial charge in [0.1, 0.15) is 28.7 Å². The van der Waals surface area contributed by atoms with Crippen LogP contribution in [-0.4, -0.2) is 45.7 Å². The molecule has 0 spiro atoms. The molecule has 0 aliphatic heterocycles. The van der Waals surface area contributed by atoms with Gasteiger partial charge in [0.05, 0.1) is 7.11 Å². The van der Waals surface area contributed by atoms with Crippen LogP contribution in [0.25, 0.3) is 22.8 Å². The molecule has 0 atom stereocenters. The average molecular weight is 469 g/mol. The summed E-state index contributed by atoms with van der Waals surface area (Å²) in [6.45, 7) is 0.640. The van der Waals surface area contributed by atoms with Crippen LogP contribution in [0.1, 0.15) is 32.1 Å². The molecule has 0 saturated heterocycles. The first-order valence-corrected chi connectivity index (χ1v) is 12.1. The Bertz CT molecular complexity index is 1140. The number of allylic oxidation sites excluding steroid dienone is 1. The van der Waals surface area contributed by atoms with Crippen molar-refractivity contribution in [3.05, 3.63) is 35.9 Å². The molecule has 0 unspecified atom stereocenters. The molecule has 4 rings (SSSR count). The summed E-state index contributed by atoms with van der Waals surface area (Å²) in [4.78, 5) is 17.0. The van der Waals surface area contributed by atoms with Gasteiger partial charge in [-0.3, -0.25) is 4.79 Å². The number of nitrogens with one attached hydrogen (secondary N) is 1. The third-order valence-electron chi connectivity index (χ3n) is 5.59. The van der Waals surface area contributed by atoms with E-state index in [0.717, 1.165) is 30.6 Å². The number of carbonyl (C=O) groups excluding carboxylic acids is 1. The zero-order valence-electron chi connectivity index (χ0n) is 18.8. The van der Waals surface area contributed by atoms with Gasteiger partial charge in [0.2, 0.25) is 11.7 Å². The number of nitrogens with two attached hydrogens (primary N) is 1. The van der Waals surface area contributed by atoms with Gasteiger partial charge in [0, 0.05) is 12.1 Å². The molecule has 0 radical (unpaired) electrons. The molecule has 1 aliphatic rings. The lowest BCUT2D eigenvalue weighted by atomic mass is 9.97. The maximum absolute atomic E-state index is 12.5. The van der Waals surface area contributed by atoms with E-state index in [1.54, 1.807) is 7.11 Å². The van der Waals surface area contributed by atoms with Gasteiger partial charge in [-0.1, -0.05) is 16.8 Å². The van der Waals surface area contributed by atoms with Crippen molar-refractivity contribution in [3.63, 3.8) is 0 Å². The number of ether oxygens (including phenoxy) is 1. The summed E-state index contributed by atoms with van der Waals surface area (Å²) in [6.07, 6.45) is 9.83. The van der Waals surface area contributed by atoms with Gasteiger partial charge < -0.3 is 20.3 Å². The van der Waals surface area contributed by atoms with Gasteiger partial charge in [-0.2, -0.15) is 10.1 Å². The van der Waals surface area contributed by atoms with Crippen LogP contribution >= 0.6 is 11.8 Å². The maximum atomic E-state index is 12.5. The van der Waals surface area contributed by atoms with Crippen LogP contribution in [0.4, 0.5) is 5.82 Å². The van der Waals surface area contributed by atoms with Gasteiger partial charge in [0.25, 0.3) is 5.89 Å². The number of anilines is 1. The van der Waals surface area contributed by atoms with E-state index in [9.17, 15) is 4.79 Å². The summed E-state index contributed by atoms with van der Waals surface area (Å²) in [7, 11) is 1.61. The molecule has 9 nitrogen and oxygen atoms in total. The van der Waals surface area contributed by atoms with Crippen molar-refractivity contribution in [2.24, 2.45) is 0 Å². The Morgan fingerprint density at radius 2 is 2.12 bits per heavy atom. The standard InChI is InChI=1S/C23H28N6O3S/c1-31-17-10-8-16(9-11-17)21-26-22(32-28-21)19-20(24)29(27-23(19)33-2)14-18(30)25-13-12-15-6-4-3-5-7-15/h6,8-11H,3-5,7,12-14,24H2,1-2H3,(H,25,30). The van der Waals surface area contributed by atoms with Crippen molar-refractivity contribution in [2.75, 3.05) is 25.6 Å². The van der Waals surface area contributed by atoms with Crippen LogP contribution in [0.2, 0.25) is 0 Å². The molecule has 1 aromatic carbocycles. The Kier molecular flexibility index (Phi) is 7.33. The second-order valence-electron chi connectivity index (χ2n) is 7.79. The molecule has 10 heteroatoms. The fraction of sp³-hybridized carbons (Fsp3) is 0.391. The molecule has 2 aromatic heterocycles. The average Bonchev–Trinajstić information content (AvgIpc) is 3.44. The molecule has 3 N–H and O–H groups in total. The van der Waals surface area contributed by atoms with E-state index >= 15 is 0 Å². The minimum Gasteiger partial charge on any atom is -0.497 e. The number of rotatable bonds is 9. The lowest BCUT2D eigenvalue weighted by molar-refractivity contribution is -0.121. The summed E-state index contributed by atoms with van der Waals surface area (Å²) in [5, 5.41) is 12.1. The fourth-order valence-corrected chi connectivity index (χ4v) is 4.36. The summed E-state index contributed by atoms with van der Waals surface area (Å²) in [6, 6.07) is 7.36. The zero-order chi connectivity index (χ0) is 23.2. The predicted octanol–water partition coefficient (Wildman–Crippen LogP) is 3.92. The third kappa shape index (κ3) is 5.39. The van der Waals surface area contributed by atoms with Crippen molar-refractivity contribution in [2.45, 2.75) is 43.7 Å². The van der Waals surface area contributed by atoms with Crippen molar-refractivity contribution < 1.29 is 14.1 Å². The molecule has 1 amide bonds. The van der Waals surface area contributed by atoms with Crippen LogP contribution in [0.15, 0.2) is 45.5 Å². The normalized spacial score (nSPS) is 13.6. The lowest BCUT2D eigenvalue weighted by Crippen LogP contribution is -2.29. The fourth-order valence-electron chi connectivity index (χ4n) is 3.79. The summed E-state index contributed by atoms with van der Waals surface area (Å²) >= 11 is 1.40. The Hall–Kier alpha value is -3.27. The topological polar surface area (TPSA) is 121 Å². The van der Waals surface area contributed by atoms with E-state index in [4.69, 9.17) is 15.0 Å². The van der Waals surface area contributed by atoms with E-state index < -0.39 is 0 Å². The number of thioether (sulfide) groups is 1. The minimum absolute atomic E-state index is 0.0257. The van der Waals surface area contributed by atoms with Crippen molar-refractivity contribution >= 4 is 23.5 Å². The van der Waals surface area contributed by atoms with E-state index in [1.807, 2.05) is 30.5 Å². The van der Waals surface area contributed by atoms with Gasteiger partial charge in [0.15, 0.2) is 0 Å². The number of carbonyl (C=O) groups is 1. The third-order valence-corrected chi connectivity index (χ3v) is 6.26. The molecule has 0 saturated carbocycles. The molecule has 1 aliphatic carbocycles. The summed E-state index contributed by atoms with van der Waals surface area (Å²) in [5.74, 6) is 1.62. The van der Waals surface area contributed by atoms with Crippen LogP contribution in [0.3, 0.4) is 0 Å². The van der Waals surface area contributed by atoms with E-state index in [1.165, 1.54) is 34.9 Å². The van der Waals surface area contributed by atoms with E-state index in [-0.39, 0.29) is 18.3 Å². The first-order valence-electron chi connectivity index (χ1n) is 10.9. The van der Waals surface area contributed by atoms with Crippen LogP contribution < -0.4 is 15.8 Å². The van der Waals surface area contributed by atoms with Gasteiger partial charge in [-0.05, 0) is 62.6 Å². The Morgan fingerprint density at radius 1 is 1.30 bits per heavy atom. The number of nitrogens with zero attached hydrogens (tertiary/aromatic N) is 4. The van der Waals surface area contributed by atoms with E-state index in [0.29, 0.717) is 28.8 Å². The van der Waals surface area contributed by atoms with Gasteiger partial charge in [-0.25, -0.2) is 4.68 Å². The highest BCUT2D eigenvalue weighted by Gasteiger charge is 2.23. The van der Waals surface area contributed by atoms with Crippen LogP contribution in [0, 0.1) is 0 Å². The smallest absolute Gasteiger partial charge is 0.264 e. The maximum Gasteiger partial charge on any atom is 0.264 e. The first-order chi connectivity index (χ1) is 16.1. The number of hydrogen-bond acceptors (Lipinski definition) is 8. The summed E-state index contributed by atoms with van der Waals surface area (Å²) in [5.41, 5.74) is 9.10. The Labute approximate surface area is 196 Å². The molecular formula is C23H28N6O3S. The zero-order valence-corrected chi connectivity index (χ0v) is 19.7. The Morgan fingerprint density at radius 3 is 2.82 bits per heavy atom. The van der Waals surface area contributed by atoms with Crippen molar-refractivity contribution in [1.82, 2.24) is 25.2 Å². The van der Waals surface area contributed by atoms with E-state index in [2.05, 4.69) is 26.6 Å². The molecule has 2 heterocycles. The second-order valence-corrected chi connectivity index (χ2v) is 8.58. The highest BCUT2D eigenvalue weighted by Crippen LogP contribution is 2.35. The quantitative estimate of drug-likeness (QED) is 0.358. The number of benzene rings is 1. The first kappa shape index (κ1) is 22.9. The van der Waals surface area contributed by atoms with Crippen LogP contribution in [-0.2, 0) is 11.3 Å². The molecule has 0 bridgehead atoms. The summed E-state index contributed by atoms with van der Waals surface area (Å²) < 4.78 is 12.2. The molecule has 174 valence electrons. The number of nitrogen functional groups attached to an aromatic ring is 1. The van der Waals surface area contributed by atoms with Gasteiger partial charge >= 0.3 is 0 Å². The lowest BCUT2D eigenvalue weighted by Gasteiger charge is -2.13. The number of hydrogen-bond donors (Lipinski definition) is 2.